The molecule has 0 heterocycles. The van der Waals surface area contributed by atoms with Crippen molar-refractivity contribution in [3.8, 4) is 0 Å². The lowest BCUT2D eigenvalue weighted by Crippen LogP contribution is -2.13. The summed E-state index contributed by atoms with van der Waals surface area (Å²) in [6.07, 6.45) is 1.02. The fourth-order valence-corrected chi connectivity index (χ4v) is 2.37. The summed E-state index contributed by atoms with van der Waals surface area (Å²) in [7, 11) is -3.30. The number of rotatable bonds is 4. The van der Waals surface area contributed by atoms with Crippen molar-refractivity contribution < 1.29 is 17.6 Å². The fraction of sp³-hybridized carbons (Fsp3) is 0.182. The Balaban J connectivity index is 2.97. The maximum atomic E-state index is 13.0. The lowest BCUT2D eigenvalue weighted by Gasteiger charge is -2.04. The monoisotopic (exact) mass is 320 g/mol. The minimum absolute atomic E-state index is 0.0361. The zero-order chi connectivity index (χ0) is 13.2. The Kier molecular flexibility index (Phi) is 4.21. The van der Waals surface area contributed by atoms with E-state index in [9.17, 15) is 17.6 Å². The second-order valence-corrected chi connectivity index (χ2v) is 6.63. The topological polar surface area (TPSA) is 51.2 Å². The Morgan fingerprint density at radius 3 is 2.53 bits per heavy atom. The van der Waals surface area contributed by atoms with Crippen LogP contribution in [0.25, 0.3) is 0 Å². The van der Waals surface area contributed by atoms with E-state index in [2.05, 4.69) is 22.5 Å². The maximum Gasteiger partial charge on any atom is 0.189 e. The van der Waals surface area contributed by atoms with Crippen molar-refractivity contribution >= 4 is 31.6 Å². The molecule has 92 valence electrons. The van der Waals surface area contributed by atoms with Crippen LogP contribution >= 0.6 is 15.9 Å². The minimum atomic E-state index is -3.30. The summed E-state index contributed by atoms with van der Waals surface area (Å²) >= 11 is 2.95. The first kappa shape index (κ1) is 14.1. The number of Topliss-reactive ketones (excluding diaryl/α,β-unsaturated/α-hetero) is 1. The molecule has 0 spiro atoms. The molecule has 0 fully saturated rings. The molecule has 0 aromatic heterocycles. The average molecular weight is 321 g/mol. The molecule has 0 bridgehead atoms. The van der Waals surface area contributed by atoms with Gasteiger partial charge in [-0.15, -0.1) is 0 Å². The first-order chi connectivity index (χ1) is 7.70. The molecule has 0 radical (unpaired) electrons. The summed E-state index contributed by atoms with van der Waals surface area (Å²) in [5.41, 5.74) is 0.165. The van der Waals surface area contributed by atoms with Gasteiger partial charge in [-0.3, -0.25) is 4.79 Å². The summed E-state index contributed by atoms with van der Waals surface area (Å²) in [4.78, 5) is 11.8. The Morgan fingerprint density at radius 1 is 1.47 bits per heavy atom. The molecule has 0 saturated carbocycles. The highest BCUT2D eigenvalue weighted by atomic mass is 79.9. The third kappa shape index (κ3) is 4.05. The molecule has 6 heteroatoms. The van der Waals surface area contributed by atoms with Gasteiger partial charge in [-0.2, -0.15) is 0 Å². The molecular formula is C11H10BrFO3S. The van der Waals surface area contributed by atoms with Crippen molar-refractivity contribution in [2.75, 3.05) is 12.0 Å². The number of carbonyl (C=O) groups excluding carboxylic acids is 1. The molecule has 1 aromatic rings. The van der Waals surface area contributed by atoms with Crippen molar-refractivity contribution in [3.05, 3.63) is 46.2 Å². The van der Waals surface area contributed by atoms with Crippen LogP contribution in [-0.2, 0) is 9.84 Å². The zero-order valence-corrected chi connectivity index (χ0v) is 11.4. The van der Waals surface area contributed by atoms with E-state index in [1.54, 1.807) is 0 Å². The smallest absolute Gasteiger partial charge is 0.189 e. The van der Waals surface area contributed by atoms with E-state index in [-0.39, 0.29) is 15.6 Å². The van der Waals surface area contributed by atoms with E-state index in [1.807, 2.05) is 0 Å². The quantitative estimate of drug-likeness (QED) is 0.632. The van der Waals surface area contributed by atoms with Gasteiger partial charge < -0.3 is 0 Å². The molecule has 17 heavy (non-hydrogen) atoms. The SMILES string of the molecule is C=C(CS(C)(=O)=O)C(=O)c1ccc(F)c(Br)c1. The Labute approximate surface area is 107 Å². The van der Waals surface area contributed by atoms with E-state index in [1.165, 1.54) is 12.1 Å². The van der Waals surface area contributed by atoms with Crippen LogP contribution in [0, 0.1) is 5.82 Å². The second-order valence-electron chi connectivity index (χ2n) is 3.63. The summed E-state index contributed by atoms with van der Waals surface area (Å²) in [5.74, 6) is -1.40. The molecule has 0 N–H and O–H groups in total. The van der Waals surface area contributed by atoms with Crippen LogP contribution < -0.4 is 0 Å². The number of benzene rings is 1. The van der Waals surface area contributed by atoms with Gasteiger partial charge in [-0.25, -0.2) is 12.8 Å². The summed E-state index contributed by atoms with van der Waals surface area (Å²) in [5, 5.41) is 0. The molecule has 0 saturated heterocycles. The van der Waals surface area contributed by atoms with Crippen molar-refractivity contribution in [1.29, 1.82) is 0 Å². The van der Waals surface area contributed by atoms with Gasteiger partial charge in [0.05, 0.1) is 10.2 Å². The van der Waals surface area contributed by atoms with Gasteiger partial charge in [-0.05, 0) is 34.1 Å². The molecule has 0 aliphatic carbocycles. The van der Waals surface area contributed by atoms with Crippen LogP contribution in [0.15, 0.2) is 34.8 Å². The molecule has 0 aliphatic rings. The van der Waals surface area contributed by atoms with Crippen molar-refractivity contribution in [1.82, 2.24) is 0 Å². The molecule has 3 nitrogen and oxygen atoms in total. The van der Waals surface area contributed by atoms with Gasteiger partial charge in [-0.1, -0.05) is 6.58 Å². The van der Waals surface area contributed by atoms with E-state index in [4.69, 9.17) is 0 Å². The van der Waals surface area contributed by atoms with Crippen LogP contribution in [-0.4, -0.2) is 26.2 Å². The fourth-order valence-electron chi connectivity index (χ4n) is 1.22. The normalized spacial score (nSPS) is 11.2. The molecular weight excluding hydrogens is 311 g/mol. The van der Waals surface area contributed by atoms with Crippen LogP contribution in [0.3, 0.4) is 0 Å². The van der Waals surface area contributed by atoms with Crippen LogP contribution in [0.1, 0.15) is 10.4 Å². The highest BCUT2D eigenvalue weighted by molar-refractivity contribution is 9.10. The lowest BCUT2D eigenvalue weighted by atomic mass is 10.1. The van der Waals surface area contributed by atoms with Crippen LogP contribution in [0.5, 0.6) is 0 Å². The second kappa shape index (κ2) is 5.10. The van der Waals surface area contributed by atoms with Crippen LogP contribution in [0.4, 0.5) is 4.39 Å². The van der Waals surface area contributed by atoms with E-state index < -0.39 is 27.2 Å². The number of sulfone groups is 1. The number of carbonyl (C=O) groups is 1. The number of ketones is 1. The number of halogens is 2. The summed E-state index contributed by atoms with van der Waals surface area (Å²) in [6, 6.07) is 3.71. The average Bonchev–Trinajstić information content (AvgIpc) is 2.18. The number of hydrogen-bond acceptors (Lipinski definition) is 3. The molecule has 0 amide bonds. The molecule has 1 aromatic carbocycles. The van der Waals surface area contributed by atoms with Crippen molar-refractivity contribution in [2.45, 2.75) is 0 Å². The van der Waals surface area contributed by atoms with Gasteiger partial charge in [0.2, 0.25) is 0 Å². The highest BCUT2D eigenvalue weighted by Crippen LogP contribution is 2.19. The zero-order valence-electron chi connectivity index (χ0n) is 9.04. The van der Waals surface area contributed by atoms with Gasteiger partial charge in [0.15, 0.2) is 15.6 Å². The van der Waals surface area contributed by atoms with E-state index >= 15 is 0 Å². The van der Waals surface area contributed by atoms with Crippen molar-refractivity contribution in [2.24, 2.45) is 0 Å². The summed E-state index contributed by atoms with van der Waals surface area (Å²) < 4.78 is 35.1. The van der Waals surface area contributed by atoms with E-state index in [0.29, 0.717) is 0 Å². The van der Waals surface area contributed by atoms with Gasteiger partial charge in [0.1, 0.15) is 5.82 Å². The first-order valence-electron chi connectivity index (χ1n) is 4.56. The Morgan fingerprint density at radius 2 is 2.06 bits per heavy atom. The molecule has 0 atom stereocenters. The standard InChI is InChI=1S/C11H10BrFO3S/c1-7(6-17(2,15)16)11(14)8-3-4-10(13)9(12)5-8/h3-5H,1,6H2,2H3. The third-order valence-corrected chi connectivity index (χ3v) is 3.42. The molecule has 0 aliphatic heterocycles. The Hall–Kier alpha value is -1.01. The minimum Gasteiger partial charge on any atom is -0.289 e. The van der Waals surface area contributed by atoms with E-state index in [0.717, 1.165) is 12.3 Å². The third-order valence-electron chi connectivity index (χ3n) is 1.94. The predicted octanol–water partition coefficient (Wildman–Crippen LogP) is 2.37. The van der Waals surface area contributed by atoms with Crippen LogP contribution in [0.2, 0.25) is 0 Å². The van der Waals surface area contributed by atoms with Crippen molar-refractivity contribution in [3.63, 3.8) is 0 Å². The highest BCUT2D eigenvalue weighted by Gasteiger charge is 2.16. The maximum absolute atomic E-state index is 13.0. The number of hydrogen-bond donors (Lipinski definition) is 0. The Bertz CT molecular complexity index is 578. The lowest BCUT2D eigenvalue weighted by molar-refractivity contribution is 0.103. The first-order valence-corrected chi connectivity index (χ1v) is 7.41. The molecule has 0 unspecified atom stereocenters. The van der Waals surface area contributed by atoms with Gasteiger partial charge >= 0.3 is 0 Å². The molecule has 1 rings (SSSR count). The summed E-state index contributed by atoms with van der Waals surface area (Å²) in [6.45, 7) is 3.43. The van der Waals surface area contributed by atoms with Gasteiger partial charge in [0, 0.05) is 17.4 Å². The largest absolute Gasteiger partial charge is 0.289 e. The van der Waals surface area contributed by atoms with Gasteiger partial charge in [0.25, 0.3) is 0 Å². The predicted molar refractivity (Wildman–Crippen MR) is 67.3 cm³/mol.